The summed E-state index contributed by atoms with van der Waals surface area (Å²) in [6.45, 7) is 2.43. The average Bonchev–Trinajstić information content (AvgIpc) is 2.58. The normalized spacial score (nSPS) is 9.78. The third-order valence-electron chi connectivity index (χ3n) is 3.06. The topological polar surface area (TPSA) is 62.4 Å². The molecule has 6 heteroatoms. The van der Waals surface area contributed by atoms with Gasteiger partial charge in [-0.25, -0.2) is 0 Å². The molecule has 0 fully saturated rings. The van der Waals surface area contributed by atoms with E-state index in [9.17, 15) is 4.79 Å². The first kappa shape index (κ1) is 16.8. The van der Waals surface area contributed by atoms with Crippen molar-refractivity contribution in [1.82, 2.24) is 16.2 Å². The quantitative estimate of drug-likeness (QED) is 0.579. The lowest BCUT2D eigenvalue weighted by Crippen LogP contribution is -2.48. The molecule has 0 atom stereocenters. The minimum absolute atomic E-state index is 0.0842. The molecule has 2 aromatic rings. The van der Waals surface area contributed by atoms with Gasteiger partial charge in [0, 0.05) is 6.54 Å². The number of rotatable bonds is 5. The van der Waals surface area contributed by atoms with Crippen molar-refractivity contribution in [3.8, 4) is 5.75 Å². The summed E-state index contributed by atoms with van der Waals surface area (Å²) in [5.74, 6) is 0.379. The summed E-state index contributed by atoms with van der Waals surface area (Å²) in [4.78, 5) is 11.7. The lowest BCUT2D eigenvalue weighted by Gasteiger charge is -2.12. The SMILES string of the molecule is Cc1ccccc1OCC(=O)NNC(=S)NCc1ccccc1. The molecule has 0 spiro atoms. The highest BCUT2D eigenvalue weighted by Crippen LogP contribution is 2.15. The van der Waals surface area contributed by atoms with Crippen molar-refractivity contribution < 1.29 is 9.53 Å². The summed E-state index contributed by atoms with van der Waals surface area (Å²) in [6.07, 6.45) is 0. The van der Waals surface area contributed by atoms with Crippen LogP contribution in [0.1, 0.15) is 11.1 Å². The molecule has 0 saturated heterocycles. The Hall–Kier alpha value is -2.60. The van der Waals surface area contributed by atoms with Crippen molar-refractivity contribution in [2.45, 2.75) is 13.5 Å². The van der Waals surface area contributed by atoms with Crippen LogP contribution in [0.4, 0.5) is 0 Å². The fraction of sp³-hybridized carbons (Fsp3) is 0.176. The second-order valence-corrected chi connectivity index (χ2v) is 5.30. The highest BCUT2D eigenvalue weighted by Gasteiger charge is 2.04. The Labute approximate surface area is 141 Å². The van der Waals surface area contributed by atoms with Crippen LogP contribution in [0, 0.1) is 6.92 Å². The van der Waals surface area contributed by atoms with Crippen LogP contribution in [0.3, 0.4) is 0 Å². The van der Waals surface area contributed by atoms with Gasteiger partial charge < -0.3 is 10.1 Å². The number of hydrazine groups is 1. The lowest BCUT2D eigenvalue weighted by atomic mass is 10.2. The van der Waals surface area contributed by atoms with Crippen LogP contribution in [0.2, 0.25) is 0 Å². The van der Waals surface area contributed by atoms with E-state index in [1.165, 1.54) is 0 Å². The van der Waals surface area contributed by atoms with E-state index in [-0.39, 0.29) is 12.5 Å². The molecule has 0 radical (unpaired) electrons. The first-order chi connectivity index (χ1) is 11.1. The van der Waals surface area contributed by atoms with E-state index in [2.05, 4.69) is 16.2 Å². The summed E-state index contributed by atoms with van der Waals surface area (Å²) < 4.78 is 5.44. The standard InChI is InChI=1S/C17H19N3O2S/c1-13-7-5-6-10-15(13)22-12-16(21)19-20-17(23)18-11-14-8-3-2-4-9-14/h2-10H,11-12H2,1H3,(H,19,21)(H2,18,20,23). The van der Waals surface area contributed by atoms with Gasteiger partial charge in [0.25, 0.3) is 5.91 Å². The number of para-hydroxylation sites is 1. The minimum Gasteiger partial charge on any atom is -0.483 e. The van der Waals surface area contributed by atoms with Crippen molar-refractivity contribution in [3.05, 3.63) is 65.7 Å². The number of carbonyl (C=O) groups excluding carboxylic acids is 1. The predicted molar refractivity (Wildman–Crippen MR) is 93.8 cm³/mol. The van der Waals surface area contributed by atoms with Crippen molar-refractivity contribution in [2.75, 3.05) is 6.61 Å². The van der Waals surface area contributed by atoms with E-state index in [4.69, 9.17) is 17.0 Å². The van der Waals surface area contributed by atoms with Gasteiger partial charge in [0.05, 0.1) is 0 Å². The molecule has 2 aromatic carbocycles. The van der Waals surface area contributed by atoms with Gasteiger partial charge in [-0.05, 0) is 36.3 Å². The largest absolute Gasteiger partial charge is 0.483 e. The van der Waals surface area contributed by atoms with Crippen LogP contribution in [-0.2, 0) is 11.3 Å². The number of carbonyl (C=O) groups is 1. The van der Waals surface area contributed by atoms with Gasteiger partial charge in [-0.15, -0.1) is 0 Å². The smallest absolute Gasteiger partial charge is 0.276 e. The Kier molecular flexibility index (Phi) is 6.38. The van der Waals surface area contributed by atoms with Gasteiger partial charge in [0.15, 0.2) is 11.7 Å². The van der Waals surface area contributed by atoms with Crippen molar-refractivity contribution in [3.63, 3.8) is 0 Å². The zero-order chi connectivity index (χ0) is 16.5. The summed E-state index contributed by atoms with van der Waals surface area (Å²) in [7, 11) is 0. The number of hydrogen-bond acceptors (Lipinski definition) is 3. The molecule has 0 saturated carbocycles. The second kappa shape index (κ2) is 8.75. The maximum Gasteiger partial charge on any atom is 0.276 e. The minimum atomic E-state index is -0.308. The average molecular weight is 329 g/mol. The number of amides is 1. The Balaban J connectivity index is 1.66. The predicted octanol–water partition coefficient (Wildman–Crippen LogP) is 2.07. The molecule has 2 rings (SSSR count). The fourth-order valence-corrected chi connectivity index (χ4v) is 1.97. The third kappa shape index (κ3) is 5.96. The number of benzene rings is 2. The fourth-order valence-electron chi connectivity index (χ4n) is 1.85. The molecule has 23 heavy (non-hydrogen) atoms. The maximum absolute atomic E-state index is 11.7. The van der Waals surface area contributed by atoms with Gasteiger partial charge in [-0.3, -0.25) is 15.6 Å². The maximum atomic E-state index is 11.7. The number of hydrogen-bond donors (Lipinski definition) is 3. The van der Waals surface area contributed by atoms with Crippen LogP contribution in [0.5, 0.6) is 5.75 Å². The molecular weight excluding hydrogens is 310 g/mol. The van der Waals surface area contributed by atoms with Crippen LogP contribution in [0.15, 0.2) is 54.6 Å². The number of ether oxygens (including phenoxy) is 1. The summed E-state index contributed by atoms with van der Waals surface area (Å²) in [5, 5.41) is 3.35. The zero-order valence-electron chi connectivity index (χ0n) is 12.8. The van der Waals surface area contributed by atoms with Gasteiger partial charge in [0.1, 0.15) is 5.75 Å². The first-order valence-electron chi connectivity index (χ1n) is 7.20. The molecule has 0 heterocycles. The highest BCUT2D eigenvalue weighted by atomic mass is 32.1. The Morgan fingerprint density at radius 3 is 2.48 bits per heavy atom. The molecular formula is C17H19N3O2S. The van der Waals surface area contributed by atoms with E-state index in [1.54, 1.807) is 0 Å². The van der Waals surface area contributed by atoms with Crippen LogP contribution in [0.25, 0.3) is 0 Å². The summed E-state index contributed by atoms with van der Waals surface area (Å²) in [6, 6.07) is 17.4. The summed E-state index contributed by atoms with van der Waals surface area (Å²) in [5.41, 5.74) is 7.22. The molecule has 0 aliphatic rings. The molecule has 120 valence electrons. The van der Waals surface area contributed by atoms with Gasteiger partial charge >= 0.3 is 0 Å². The molecule has 0 aliphatic carbocycles. The van der Waals surface area contributed by atoms with E-state index in [1.807, 2.05) is 61.5 Å². The first-order valence-corrected chi connectivity index (χ1v) is 7.61. The third-order valence-corrected chi connectivity index (χ3v) is 3.31. The van der Waals surface area contributed by atoms with Crippen LogP contribution < -0.4 is 20.9 Å². The van der Waals surface area contributed by atoms with Gasteiger partial charge in [-0.1, -0.05) is 48.5 Å². The number of aryl methyl sites for hydroxylation is 1. The number of nitrogens with one attached hydrogen (secondary N) is 3. The molecule has 3 N–H and O–H groups in total. The Bertz CT molecular complexity index is 662. The monoisotopic (exact) mass is 329 g/mol. The van der Waals surface area contributed by atoms with Crippen LogP contribution >= 0.6 is 12.2 Å². The molecule has 5 nitrogen and oxygen atoms in total. The molecule has 0 aromatic heterocycles. The molecule has 0 unspecified atom stereocenters. The van der Waals surface area contributed by atoms with Crippen molar-refractivity contribution >= 4 is 23.2 Å². The summed E-state index contributed by atoms with van der Waals surface area (Å²) >= 11 is 5.09. The Morgan fingerprint density at radius 2 is 1.74 bits per heavy atom. The molecule has 0 bridgehead atoms. The van der Waals surface area contributed by atoms with Crippen molar-refractivity contribution in [1.29, 1.82) is 0 Å². The van der Waals surface area contributed by atoms with E-state index in [0.29, 0.717) is 17.4 Å². The van der Waals surface area contributed by atoms with E-state index < -0.39 is 0 Å². The molecule has 0 aliphatic heterocycles. The highest BCUT2D eigenvalue weighted by molar-refractivity contribution is 7.80. The van der Waals surface area contributed by atoms with Crippen LogP contribution in [-0.4, -0.2) is 17.6 Å². The van der Waals surface area contributed by atoms with Gasteiger partial charge in [0.2, 0.25) is 0 Å². The Morgan fingerprint density at radius 1 is 1.04 bits per heavy atom. The van der Waals surface area contributed by atoms with Crippen molar-refractivity contribution in [2.24, 2.45) is 0 Å². The molecule has 1 amide bonds. The van der Waals surface area contributed by atoms with E-state index in [0.717, 1.165) is 11.1 Å². The zero-order valence-corrected chi connectivity index (χ0v) is 13.7. The van der Waals surface area contributed by atoms with E-state index >= 15 is 0 Å². The second-order valence-electron chi connectivity index (χ2n) is 4.90. The number of thiocarbonyl (C=S) groups is 1. The lowest BCUT2D eigenvalue weighted by molar-refractivity contribution is -0.123. The van der Waals surface area contributed by atoms with Gasteiger partial charge in [-0.2, -0.15) is 0 Å².